The van der Waals surface area contributed by atoms with Crippen LogP contribution in [-0.2, 0) is 11.2 Å². The van der Waals surface area contributed by atoms with Crippen molar-refractivity contribution in [2.24, 2.45) is 32.5 Å². The number of nitrogens with zero attached hydrogens (tertiary/aromatic N) is 3. The normalized spacial score (nSPS) is 11.7. The van der Waals surface area contributed by atoms with Gasteiger partial charge in [-0.3, -0.25) is 14.8 Å². The van der Waals surface area contributed by atoms with Crippen LogP contribution in [0.4, 0.5) is 0 Å². The van der Waals surface area contributed by atoms with Crippen molar-refractivity contribution in [2.75, 3.05) is 26.2 Å². The van der Waals surface area contributed by atoms with Crippen molar-refractivity contribution in [3.63, 3.8) is 0 Å². The number of guanidine groups is 1. The zero-order valence-corrected chi connectivity index (χ0v) is 18.2. The third-order valence-electron chi connectivity index (χ3n) is 4.14. The molecule has 0 aliphatic carbocycles. The van der Waals surface area contributed by atoms with Gasteiger partial charge in [-0.25, -0.2) is 5.84 Å². The number of benzene rings is 1. The number of carbonyl (C=O) groups excluding carboxylic acids is 1. The summed E-state index contributed by atoms with van der Waals surface area (Å²) >= 11 is 6.26. The minimum absolute atomic E-state index is 0.0372. The molecule has 0 aliphatic rings. The number of ether oxygens (including phenoxy) is 1. The molecule has 1 rings (SSSR count). The van der Waals surface area contributed by atoms with Crippen LogP contribution in [0.2, 0.25) is 5.02 Å². The van der Waals surface area contributed by atoms with Crippen molar-refractivity contribution in [2.45, 2.75) is 38.1 Å². The quantitative estimate of drug-likeness (QED) is 0.0611. The van der Waals surface area contributed by atoms with Crippen LogP contribution in [0.3, 0.4) is 0 Å². The van der Waals surface area contributed by atoms with Crippen molar-refractivity contribution in [1.82, 2.24) is 10.7 Å². The van der Waals surface area contributed by atoms with Crippen molar-refractivity contribution in [1.29, 1.82) is 0 Å². The predicted molar refractivity (Wildman–Crippen MR) is 123 cm³/mol. The van der Waals surface area contributed by atoms with Crippen LogP contribution in [-0.4, -0.2) is 50.5 Å². The molecule has 0 fully saturated rings. The highest BCUT2D eigenvalue weighted by Crippen LogP contribution is 2.26. The molecule has 172 valence electrons. The number of amides is 1. The van der Waals surface area contributed by atoms with Crippen molar-refractivity contribution < 1.29 is 9.53 Å². The third-order valence-corrected chi connectivity index (χ3v) is 4.43. The van der Waals surface area contributed by atoms with Crippen LogP contribution in [0.5, 0.6) is 5.75 Å². The van der Waals surface area contributed by atoms with E-state index in [1.807, 2.05) is 0 Å². The summed E-state index contributed by atoms with van der Waals surface area (Å²) in [6.45, 7) is 2.04. The number of unbranched alkanes of at least 4 members (excludes halogenated alkanes) is 2. The van der Waals surface area contributed by atoms with Crippen LogP contribution < -0.4 is 32.8 Å². The lowest BCUT2D eigenvalue weighted by Gasteiger charge is -2.12. The van der Waals surface area contributed by atoms with E-state index in [1.54, 1.807) is 18.2 Å². The second-order valence-corrected chi connectivity index (χ2v) is 7.06. The number of halogens is 1. The first kappa shape index (κ1) is 26.1. The highest BCUT2D eigenvalue weighted by molar-refractivity contribution is 6.32. The van der Waals surface area contributed by atoms with E-state index in [0.29, 0.717) is 55.4 Å². The van der Waals surface area contributed by atoms with Crippen LogP contribution in [0.25, 0.3) is 0 Å². The zero-order valence-electron chi connectivity index (χ0n) is 17.4. The van der Waals surface area contributed by atoms with Crippen LogP contribution >= 0.6 is 11.6 Å². The summed E-state index contributed by atoms with van der Waals surface area (Å²) < 4.78 is 5.66. The number of nitroso groups, excluding NO2 is 1. The Morgan fingerprint density at radius 2 is 1.97 bits per heavy atom. The summed E-state index contributed by atoms with van der Waals surface area (Å²) in [6, 6.07) is 4.12. The fraction of sp³-hybridized carbons (Fsp3) is 0.526. The Balaban J connectivity index is 2.41. The average molecular weight is 455 g/mol. The zero-order chi connectivity index (χ0) is 22.9. The molecule has 12 heteroatoms. The Kier molecular flexibility index (Phi) is 13.4. The van der Waals surface area contributed by atoms with Gasteiger partial charge in [0.1, 0.15) is 5.75 Å². The van der Waals surface area contributed by atoms with Gasteiger partial charge in [-0.15, -0.1) is 4.91 Å². The molecule has 0 spiro atoms. The molecule has 11 nitrogen and oxygen atoms in total. The van der Waals surface area contributed by atoms with Gasteiger partial charge < -0.3 is 26.9 Å². The Morgan fingerprint density at radius 1 is 1.19 bits per heavy atom. The number of nitrogens with two attached hydrogens (primary N) is 3. The maximum Gasteiger partial charge on any atom is 0.248 e. The third kappa shape index (κ3) is 11.7. The average Bonchev–Trinajstić information content (AvgIpc) is 2.74. The SMILES string of the molecule is NNC=NCCCCOc1ccc(CC(N=O)C(=O)NCCCCN=C(N)N)cc1Cl. The largest absolute Gasteiger partial charge is 0.492 e. The standard InChI is InChI=1S/C19H31ClN8O3/c20-15-11-14(5-6-17(15)31-10-4-3-7-24-13-27-23)12-16(28-30)18(29)25-8-1-2-9-26-19(21)22/h5-6,11,13,16H,1-4,7-10,12,23H2,(H,24,27)(H,25,29)(H4,21,22,26). The number of hydrogen-bond acceptors (Lipinski definition) is 7. The van der Waals surface area contributed by atoms with Gasteiger partial charge in [0.15, 0.2) is 12.0 Å². The molecule has 0 radical (unpaired) electrons. The van der Waals surface area contributed by atoms with Gasteiger partial charge in [0.2, 0.25) is 5.91 Å². The molecule has 1 aromatic rings. The fourth-order valence-corrected chi connectivity index (χ4v) is 2.83. The molecular formula is C19H31ClN8O3. The number of carbonyl (C=O) groups is 1. The molecule has 0 saturated carbocycles. The molecule has 0 saturated heterocycles. The number of hydrogen-bond donors (Lipinski definition) is 5. The van der Waals surface area contributed by atoms with Crippen molar-refractivity contribution >= 4 is 29.8 Å². The smallest absolute Gasteiger partial charge is 0.248 e. The summed E-state index contributed by atoms with van der Waals surface area (Å²) in [7, 11) is 0. The minimum atomic E-state index is -1.04. The molecule has 8 N–H and O–H groups in total. The monoisotopic (exact) mass is 454 g/mol. The van der Waals surface area contributed by atoms with Gasteiger partial charge in [-0.05, 0) is 43.4 Å². The molecule has 0 bridgehead atoms. The molecule has 1 aromatic carbocycles. The van der Waals surface area contributed by atoms with E-state index < -0.39 is 11.9 Å². The Hall–Kier alpha value is -2.92. The Bertz CT molecular complexity index is 741. The minimum Gasteiger partial charge on any atom is -0.492 e. The summed E-state index contributed by atoms with van der Waals surface area (Å²) in [4.78, 5) is 31.2. The molecule has 31 heavy (non-hydrogen) atoms. The van der Waals surface area contributed by atoms with E-state index in [2.05, 4.69) is 25.9 Å². The number of aliphatic imine (C=N–C) groups is 2. The summed E-state index contributed by atoms with van der Waals surface area (Å²) in [5.74, 6) is 5.23. The van der Waals surface area contributed by atoms with Crippen LogP contribution in [0.15, 0.2) is 33.4 Å². The molecule has 0 aliphatic heterocycles. The first-order chi connectivity index (χ1) is 15.0. The fourth-order valence-electron chi connectivity index (χ4n) is 2.57. The first-order valence-electron chi connectivity index (χ1n) is 9.99. The number of nitrogens with one attached hydrogen (secondary N) is 2. The predicted octanol–water partition coefficient (Wildman–Crippen LogP) is 0.838. The van der Waals surface area contributed by atoms with Gasteiger partial charge in [0.05, 0.1) is 18.0 Å². The van der Waals surface area contributed by atoms with Gasteiger partial charge in [0.25, 0.3) is 0 Å². The maximum absolute atomic E-state index is 12.2. The summed E-state index contributed by atoms with van der Waals surface area (Å²) in [5.41, 5.74) is 13.5. The number of hydrazine groups is 1. The summed E-state index contributed by atoms with van der Waals surface area (Å²) in [5, 5.41) is 6.06. The van der Waals surface area contributed by atoms with E-state index >= 15 is 0 Å². The van der Waals surface area contributed by atoms with Gasteiger partial charge in [-0.1, -0.05) is 22.8 Å². The first-order valence-corrected chi connectivity index (χ1v) is 10.4. The molecule has 0 heterocycles. The summed E-state index contributed by atoms with van der Waals surface area (Å²) in [6.07, 6.45) is 4.64. The number of rotatable bonds is 16. The molecule has 1 amide bonds. The van der Waals surface area contributed by atoms with E-state index in [0.717, 1.165) is 12.8 Å². The van der Waals surface area contributed by atoms with E-state index in [-0.39, 0.29) is 12.4 Å². The second-order valence-electron chi connectivity index (χ2n) is 6.65. The van der Waals surface area contributed by atoms with Gasteiger partial charge in [-0.2, -0.15) is 0 Å². The van der Waals surface area contributed by atoms with Gasteiger partial charge in [0, 0.05) is 26.1 Å². The molecule has 1 atom stereocenters. The highest BCUT2D eigenvalue weighted by Gasteiger charge is 2.20. The van der Waals surface area contributed by atoms with Crippen LogP contribution in [0, 0.1) is 4.91 Å². The second kappa shape index (κ2) is 15.9. The maximum atomic E-state index is 12.2. The lowest BCUT2D eigenvalue weighted by Crippen LogP contribution is -2.35. The lowest BCUT2D eigenvalue weighted by molar-refractivity contribution is -0.122. The topological polar surface area (TPSA) is 183 Å². The van der Waals surface area contributed by atoms with Crippen molar-refractivity contribution in [3.8, 4) is 5.75 Å². The lowest BCUT2D eigenvalue weighted by atomic mass is 10.1. The molecule has 1 unspecified atom stereocenters. The molecular weight excluding hydrogens is 424 g/mol. The van der Waals surface area contributed by atoms with Crippen molar-refractivity contribution in [3.05, 3.63) is 33.7 Å². The van der Waals surface area contributed by atoms with E-state index in [1.165, 1.54) is 6.34 Å². The van der Waals surface area contributed by atoms with Crippen LogP contribution in [0.1, 0.15) is 31.2 Å². The van der Waals surface area contributed by atoms with E-state index in [4.69, 9.17) is 33.6 Å². The van der Waals surface area contributed by atoms with E-state index in [9.17, 15) is 9.70 Å². The molecule has 0 aromatic heterocycles. The Morgan fingerprint density at radius 3 is 2.65 bits per heavy atom. The highest BCUT2D eigenvalue weighted by atomic mass is 35.5. The van der Waals surface area contributed by atoms with Gasteiger partial charge >= 0.3 is 0 Å². The Labute approximate surface area is 186 Å².